The van der Waals surface area contributed by atoms with Crippen molar-refractivity contribution in [1.82, 2.24) is 5.32 Å². The topological polar surface area (TPSA) is 92.4 Å². The number of nitrogens with one attached hydrogen (secondary N) is 1. The third-order valence-corrected chi connectivity index (χ3v) is 4.00. The summed E-state index contributed by atoms with van der Waals surface area (Å²) in [5.74, 6) is -0.868. The van der Waals surface area contributed by atoms with E-state index in [4.69, 9.17) is 10.8 Å². The Kier molecular flexibility index (Phi) is 15.6. The molecule has 5 nitrogen and oxygen atoms in total. The molecule has 0 saturated carbocycles. The van der Waals surface area contributed by atoms with E-state index in [-0.39, 0.29) is 5.91 Å². The van der Waals surface area contributed by atoms with Crippen molar-refractivity contribution in [2.75, 3.05) is 6.54 Å². The number of nitrogens with two attached hydrogens (primary N) is 1. The summed E-state index contributed by atoms with van der Waals surface area (Å²) < 4.78 is 0. The van der Waals surface area contributed by atoms with Crippen LogP contribution < -0.4 is 11.1 Å². The van der Waals surface area contributed by atoms with Crippen LogP contribution in [0.15, 0.2) is 12.2 Å². The molecule has 0 aliphatic carbocycles. The van der Waals surface area contributed by atoms with E-state index in [0.717, 1.165) is 32.1 Å². The summed E-state index contributed by atoms with van der Waals surface area (Å²) in [6.07, 6.45) is 16.4. The normalized spacial score (nSPS) is 12.4. The number of aliphatic carboxylic acids is 1. The van der Waals surface area contributed by atoms with Gasteiger partial charge in [-0.05, 0) is 44.9 Å². The lowest BCUT2D eigenvalue weighted by Gasteiger charge is -2.07. The van der Waals surface area contributed by atoms with Crippen molar-refractivity contribution in [1.29, 1.82) is 0 Å². The number of carbonyl (C=O) groups is 2. The zero-order valence-corrected chi connectivity index (χ0v) is 15.3. The lowest BCUT2D eigenvalue weighted by Crippen LogP contribution is -2.30. The molecule has 0 heterocycles. The van der Waals surface area contributed by atoms with Crippen LogP contribution in [0.2, 0.25) is 0 Å². The number of rotatable bonds is 16. The Bertz CT molecular complexity index is 357. The van der Waals surface area contributed by atoms with Crippen molar-refractivity contribution in [3.05, 3.63) is 12.2 Å². The van der Waals surface area contributed by atoms with Gasteiger partial charge in [-0.15, -0.1) is 0 Å². The first-order valence-electron chi connectivity index (χ1n) is 9.48. The molecule has 1 amide bonds. The van der Waals surface area contributed by atoms with Crippen LogP contribution in [-0.4, -0.2) is 29.6 Å². The van der Waals surface area contributed by atoms with Crippen molar-refractivity contribution in [2.45, 2.75) is 90.0 Å². The highest BCUT2D eigenvalue weighted by Crippen LogP contribution is 2.07. The van der Waals surface area contributed by atoms with Gasteiger partial charge in [-0.2, -0.15) is 0 Å². The third kappa shape index (κ3) is 15.5. The highest BCUT2D eigenvalue weighted by Gasteiger charge is 2.10. The van der Waals surface area contributed by atoms with E-state index in [9.17, 15) is 9.59 Å². The molecule has 1 atom stereocenters. The van der Waals surface area contributed by atoms with Gasteiger partial charge in [0, 0.05) is 13.0 Å². The van der Waals surface area contributed by atoms with Gasteiger partial charge in [-0.1, -0.05) is 44.8 Å². The van der Waals surface area contributed by atoms with Crippen LogP contribution in [0, 0.1) is 0 Å². The maximum atomic E-state index is 11.6. The number of carboxylic acid groups (broad SMARTS) is 1. The fraction of sp³-hybridized carbons (Fsp3) is 0.789. The predicted molar refractivity (Wildman–Crippen MR) is 98.8 cm³/mol. The largest absolute Gasteiger partial charge is 0.480 e. The first-order chi connectivity index (χ1) is 11.6. The Balaban J connectivity index is 3.32. The van der Waals surface area contributed by atoms with Crippen LogP contribution in [-0.2, 0) is 9.59 Å². The van der Waals surface area contributed by atoms with Gasteiger partial charge < -0.3 is 16.2 Å². The van der Waals surface area contributed by atoms with Crippen molar-refractivity contribution < 1.29 is 14.7 Å². The van der Waals surface area contributed by atoms with Crippen molar-refractivity contribution in [3.63, 3.8) is 0 Å². The molecule has 0 aromatic heterocycles. The monoisotopic (exact) mass is 340 g/mol. The number of amides is 1. The van der Waals surface area contributed by atoms with Gasteiger partial charge in [-0.3, -0.25) is 9.59 Å². The number of hydrogen-bond acceptors (Lipinski definition) is 3. The fourth-order valence-electron chi connectivity index (χ4n) is 2.39. The Hall–Kier alpha value is -1.36. The summed E-state index contributed by atoms with van der Waals surface area (Å²) >= 11 is 0. The van der Waals surface area contributed by atoms with Crippen molar-refractivity contribution in [3.8, 4) is 0 Å². The summed E-state index contributed by atoms with van der Waals surface area (Å²) in [5, 5.41) is 11.5. The molecule has 0 aromatic rings. The Morgan fingerprint density at radius 1 is 1.00 bits per heavy atom. The van der Waals surface area contributed by atoms with E-state index >= 15 is 0 Å². The Morgan fingerprint density at radius 3 is 2.33 bits per heavy atom. The second-order valence-corrected chi connectivity index (χ2v) is 6.36. The molecule has 4 N–H and O–H groups in total. The minimum atomic E-state index is -0.963. The van der Waals surface area contributed by atoms with E-state index < -0.39 is 12.0 Å². The quantitative estimate of drug-likeness (QED) is 0.294. The molecule has 24 heavy (non-hydrogen) atoms. The molecule has 0 radical (unpaired) electrons. The highest BCUT2D eigenvalue weighted by atomic mass is 16.4. The second kappa shape index (κ2) is 16.5. The molecular weight excluding hydrogens is 304 g/mol. The molecule has 0 rings (SSSR count). The van der Waals surface area contributed by atoms with E-state index in [2.05, 4.69) is 24.4 Å². The average Bonchev–Trinajstić information content (AvgIpc) is 2.55. The van der Waals surface area contributed by atoms with Gasteiger partial charge in [0.05, 0.1) is 0 Å². The maximum Gasteiger partial charge on any atom is 0.320 e. The number of hydrogen-bond donors (Lipinski definition) is 3. The van der Waals surface area contributed by atoms with Crippen molar-refractivity contribution in [2.24, 2.45) is 5.73 Å². The van der Waals surface area contributed by atoms with Crippen LogP contribution in [0.4, 0.5) is 0 Å². The summed E-state index contributed by atoms with van der Waals surface area (Å²) in [4.78, 5) is 22.2. The maximum absolute atomic E-state index is 11.6. The van der Waals surface area contributed by atoms with Gasteiger partial charge in [0.15, 0.2) is 0 Å². The summed E-state index contributed by atoms with van der Waals surface area (Å²) in [5.41, 5.74) is 5.41. The second-order valence-electron chi connectivity index (χ2n) is 6.36. The van der Waals surface area contributed by atoms with Crippen LogP contribution in [0.5, 0.6) is 0 Å². The molecule has 0 saturated heterocycles. The van der Waals surface area contributed by atoms with Gasteiger partial charge >= 0.3 is 5.97 Å². The molecule has 0 bridgehead atoms. The van der Waals surface area contributed by atoms with Crippen LogP contribution in [0.25, 0.3) is 0 Å². The van der Waals surface area contributed by atoms with Crippen LogP contribution in [0.1, 0.15) is 84.0 Å². The van der Waals surface area contributed by atoms with E-state index in [1.165, 1.54) is 32.1 Å². The van der Waals surface area contributed by atoms with E-state index in [1.807, 2.05) is 0 Å². The zero-order chi connectivity index (χ0) is 18.0. The highest BCUT2D eigenvalue weighted by molar-refractivity contribution is 5.75. The fourth-order valence-corrected chi connectivity index (χ4v) is 2.39. The van der Waals surface area contributed by atoms with Gasteiger partial charge in [0.2, 0.25) is 5.91 Å². The predicted octanol–water partition coefficient (Wildman–Crippen LogP) is 3.77. The summed E-state index contributed by atoms with van der Waals surface area (Å²) in [6.45, 7) is 2.81. The SMILES string of the molecule is CCCC/C=C/CCCCCCC(=O)NCCCC[C@H](N)C(=O)O. The lowest BCUT2D eigenvalue weighted by atomic mass is 10.1. The molecule has 0 spiro atoms. The molecule has 0 fully saturated rings. The molecular formula is C19H36N2O3. The summed E-state index contributed by atoms with van der Waals surface area (Å²) in [6, 6.07) is -0.790. The minimum absolute atomic E-state index is 0.0944. The van der Waals surface area contributed by atoms with E-state index in [1.54, 1.807) is 0 Å². The number of carbonyl (C=O) groups excluding carboxylic acids is 1. The lowest BCUT2D eigenvalue weighted by molar-refractivity contribution is -0.138. The number of carboxylic acids is 1. The van der Waals surface area contributed by atoms with Crippen LogP contribution >= 0.6 is 0 Å². The number of unbranched alkanes of at least 4 members (excludes halogenated alkanes) is 7. The molecule has 0 aromatic carbocycles. The summed E-state index contributed by atoms with van der Waals surface area (Å²) in [7, 11) is 0. The van der Waals surface area contributed by atoms with Gasteiger partial charge in [0.1, 0.15) is 6.04 Å². The average molecular weight is 341 g/mol. The molecule has 140 valence electrons. The first-order valence-corrected chi connectivity index (χ1v) is 9.48. The van der Waals surface area contributed by atoms with E-state index in [0.29, 0.717) is 19.4 Å². The standard InChI is InChI=1S/C19H36N2O3/c1-2-3-4-5-6-7-8-9-10-11-15-18(22)21-16-13-12-14-17(20)19(23)24/h5-6,17H,2-4,7-16,20H2,1H3,(H,21,22)(H,23,24)/b6-5+/t17-/m0/s1. The smallest absolute Gasteiger partial charge is 0.320 e. The van der Waals surface area contributed by atoms with Crippen LogP contribution in [0.3, 0.4) is 0 Å². The molecule has 5 heteroatoms. The molecule has 0 aliphatic heterocycles. The Morgan fingerprint density at radius 2 is 1.67 bits per heavy atom. The first kappa shape index (κ1) is 22.6. The zero-order valence-electron chi connectivity index (χ0n) is 15.3. The third-order valence-electron chi connectivity index (χ3n) is 4.00. The minimum Gasteiger partial charge on any atom is -0.480 e. The van der Waals surface area contributed by atoms with Gasteiger partial charge in [-0.25, -0.2) is 0 Å². The number of allylic oxidation sites excluding steroid dienone is 2. The Labute approximate surface area is 147 Å². The van der Waals surface area contributed by atoms with Crippen molar-refractivity contribution >= 4 is 11.9 Å². The van der Waals surface area contributed by atoms with Gasteiger partial charge in [0.25, 0.3) is 0 Å². The molecule has 0 aliphatic rings. The molecule has 0 unspecified atom stereocenters.